The Balaban J connectivity index is 2.30. The van der Waals surface area contributed by atoms with E-state index in [0.717, 1.165) is 5.56 Å². The number of rotatable bonds is 4. The third-order valence-electron chi connectivity index (χ3n) is 2.93. The first-order valence-corrected chi connectivity index (χ1v) is 6.11. The minimum atomic E-state index is -0.284. The number of amides is 1. The van der Waals surface area contributed by atoms with Crippen LogP contribution >= 0.6 is 0 Å². The maximum absolute atomic E-state index is 12.1. The van der Waals surface area contributed by atoms with E-state index in [1.54, 1.807) is 50.7 Å². The summed E-state index contributed by atoms with van der Waals surface area (Å²) in [6.45, 7) is 1.87. The normalized spacial score (nSPS) is 9.95. The zero-order valence-corrected chi connectivity index (χ0v) is 11.6. The minimum absolute atomic E-state index is 0.284. The number of pyridine rings is 1. The van der Waals surface area contributed by atoms with Gasteiger partial charge in [0.25, 0.3) is 5.91 Å². The molecule has 1 heterocycles. The summed E-state index contributed by atoms with van der Waals surface area (Å²) in [4.78, 5) is 16.1. The van der Waals surface area contributed by atoms with Gasteiger partial charge in [0.2, 0.25) is 0 Å². The Morgan fingerprint density at radius 1 is 1.15 bits per heavy atom. The van der Waals surface area contributed by atoms with Crippen LogP contribution in [-0.4, -0.2) is 25.1 Å². The average Bonchev–Trinajstić information content (AvgIpc) is 2.48. The molecule has 0 saturated heterocycles. The number of aromatic nitrogens is 1. The Kier molecular flexibility index (Phi) is 4.20. The summed E-state index contributed by atoms with van der Waals surface area (Å²) >= 11 is 0. The largest absolute Gasteiger partial charge is 0.496 e. The van der Waals surface area contributed by atoms with Crippen molar-refractivity contribution < 1.29 is 14.3 Å². The van der Waals surface area contributed by atoms with Crippen LogP contribution in [0.3, 0.4) is 0 Å². The molecule has 1 amide bonds. The van der Waals surface area contributed by atoms with Crippen LogP contribution in [0.4, 0.5) is 5.69 Å². The molecule has 0 spiro atoms. The molecular weight excluding hydrogens is 256 g/mol. The smallest absolute Gasteiger partial charge is 0.274 e. The molecule has 0 radical (unpaired) electrons. The fourth-order valence-corrected chi connectivity index (χ4v) is 1.94. The maximum Gasteiger partial charge on any atom is 0.274 e. The lowest BCUT2D eigenvalue weighted by Crippen LogP contribution is -2.14. The number of hydrogen-bond acceptors (Lipinski definition) is 4. The molecule has 1 aromatic heterocycles. The van der Waals surface area contributed by atoms with Crippen molar-refractivity contribution in [3.63, 3.8) is 0 Å². The number of carbonyl (C=O) groups is 1. The number of methoxy groups -OCH3 is 2. The van der Waals surface area contributed by atoms with Crippen LogP contribution in [0.15, 0.2) is 36.5 Å². The predicted octanol–water partition coefficient (Wildman–Crippen LogP) is 2.66. The van der Waals surface area contributed by atoms with Crippen LogP contribution in [0.1, 0.15) is 16.1 Å². The molecule has 2 aromatic rings. The number of carbonyl (C=O) groups excluding carboxylic acids is 1. The highest BCUT2D eigenvalue weighted by Gasteiger charge is 2.14. The number of hydrogen-bond donors (Lipinski definition) is 1. The third-order valence-corrected chi connectivity index (χ3v) is 2.93. The summed E-state index contributed by atoms with van der Waals surface area (Å²) in [6.07, 6.45) is 1.57. The van der Waals surface area contributed by atoms with Crippen LogP contribution < -0.4 is 14.8 Å². The Labute approximate surface area is 117 Å². The van der Waals surface area contributed by atoms with Crippen LogP contribution in [0.2, 0.25) is 0 Å². The summed E-state index contributed by atoms with van der Waals surface area (Å²) in [6, 6.07) is 8.70. The van der Waals surface area contributed by atoms with Gasteiger partial charge in [0.1, 0.15) is 17.2 Å². The minimum Gasteiger partial charge on any atom is -0.496 e. The molecule has 0 atom stereocenters. The third kappa shape index (κ3) is 2.71. The number of ether oxygens (including phenoxy) is 2. The first-order chi connectivity index (χ1) is 9.67. The van der Waals surface area contributed by atoms with Gasteiger partial charge in [-0.25, -0.2) is 0 Å². The van der Waals surface area contributed by atoms with Crippen molar-refractivity contribution in [2.75, 3.05) is 19.5 Å². The second-order valence-corrected chi connectivity index (χ2v) is 4.14. The van der Waals surface area contributed by atoms with Crippen LogP contribution in [0, 0.1) is 6.92 Å². The Morgan fingerprint density at radius 2 is 1.95 bits per heavy atom. The molecule has 104 valence electrons. The van der Waals surface area contributed by atoms with E-state index >= 15 is 0 Å². The summed E-state index contributed by atoms with van der Waals surface area (Å²) in [5.74, 6) is 1.000. The van der Waals surface area contributed by atoms with Crippen molar-refractivity contribution in [2.24, 2.45) is 0 Å². The highest BCUT2D eigenvalue weighted by Crippen LogP contribution is 2.34. The van der Waals surface area contributed by atoms with Gasteiger partial charge in [0.15, 0.2) is 0 Å². The molecule has 1 aromatic carbocycles. The molecule has 0 fully saturated rings. The quantitative estimate of drug-likeness (QED) is 0.929. The second-order valence-electron chi connectivity index (χ2n) is 4.14. The Hall–Kier alpha value is -2.56. The molecular formula is C15H16N2O3. The van der Waals surface area contributed by atoms with E-state index in [-0.39, 0.29) is 5.91 Å². The lowest BCUT2D eigenvalue weighted by molar-refractivity contribution is 0.102. The molecule has 5 nitrogen and oxygen atoms in total. The highest BCUT2D eigenvalue weighted by molar-refractivity contribution is 6.03. The van der Waals surface area contributed by atoms with E-state index in [1.165, 1.54) is 0 Å². The number of benzene rings is 1. The van der Waals surface area contributed by atoms with Gasteiger partial charge >= 0.3 is 0 Å². The number of anilines is 1. The molecule has 5 heteroatoms. The van der Waals surface area contributed by atoms with Gasteiger partial charge in [-0.3, -0.25) is 9.78 Å². The van der Waals surface area contributed by atoms with Crippen molar-refractivity contribution in [2.45, 2.75) is 6.92 Å². The fourth-order valence-electron chi connectivity index (χ4n) is 1.94. The van der Waals surface area contributed by atoms with Gasteiger partial charge in [0, 0.05) is 11.8 Å². The first kappa shape index (κ1) is 13.9. The van der Waals surface area contributed by atoms with Gasteiger partial charge in [-0.05, 0) is 31.2 Å². The predicted molar refractivity (Wildman–Crippen MR) is 76.5 cm³/mol. The molecule has 0 unspecified atom stereocenters. The van der Waals surface area contributed by atoms with Crippen molar-refractivity contribution in [3.05, 3.63) is 47.8 Å². The Morgan fingerprint density at radius 3 is 2.55 bits per heavy atom. The zero-order chi connectivity index (χ0) is 14.5. The Bertz CT molecular complexity index is 612. The first-order valence-electron chi connectivity index (χ1n) is 6.11. The standard InChI is InChI=1S/C15H16N2O3/c1-10-13(19-2)8-7-11(14(10)20-3)17-15(18)12-6-4-5-9-16-12/h4-9H,1-3H3,(H,17,18). The van der Waals surface area contributed by atoms with Crippen molar-refractivity contribution >= 4 is 11.6 Å². The van der Waals surface area contributed by atoms with Gasteiger partial charge in [-0.1, -0.05) is 6.07 Å². The van der Waals surface area contributed by atoms with Gasteiger partial charge < -0.3 is 14.8 Å². The van der Waals surface area contributed by atoms with Crippen molar-refractivity contribution in [1.82, 2.24) is 4.98 Å². The topological polar surface area (TPSA) is 60.5 Å². The molecule has 2 rings (SSSR count). The van der Waals surface area contributed by atoms with Crippen LogP contribution in [0.25, 0.3) is 0 Å². The SMILES string of the molecule is COc1ccc(NC(=O)c2ccccn2)c(OC)c1C. The van der Waals surface area contributed by atoms with E-state index in [0.29, 0.717) is 22.9 Å². The molecule has 0 aliphatic rings. The lowest BCUT2D eigenvalue weighted by Gasteiger charge is -2.14. The molecule has 0 saturated carbocycles. The lowest BCUT2D eigenvalue weighted by atomic mass is 10.1. The molecule has 0 aliphatic carbocycles. The van der Waals surface area contributed by atoms with E-state index in [9.17, 15) is 4.79 Å². The number of nitrogens with zero attached hydrogens (tertiary/aromatic N) is 1. The summed E-state index contributed by atoms with van der Waals surface area (Å²) in [5, 5.41) is 2.79. The van der Waals surface area contributed by atoms with Gasteiger partial charge in [-0.15, -0.1) is 0 Å². The molecule has 0 aliphatic heterocycles. The van der Waals surface area contributed by atoms with E-state index in [4.69, 9.17) is 9.47 Å². The van der Waals surface area contributed by atoms with E-state index in [1.807, 2.05) is 6.92 Å². The van der Waals surface area contributed by atoms with E-state index < -0.39 is 0 Å². The van der Waals surface area contributed by atoms with Gasteiger partial charge in [0.05, 0.1) is 19.9 Å². The van der Waals surface area contributed by atoms with Crippen molar-refractivity contribution in [1.29, 1.82) is 0 Å². The monoisotopic (exact) mass is 272 g/mol. The second kappa shape index (κ2) is 6.06. The van der Waals surface area contributed by atoms with Crippen molar-refractivity contribution in [3.8, 4) is 11.5 Å². The molecule has 1 N–H and O–H groups in total. The molecule has 20 heavy (non-hydrogen) atoms. The van der Waals surface area contributed by atoms with Gasteiger partial charge in [-0.2, -0.15) is 0 Å². The average molecular weight is 272 g/mol. The summed E-state index contributed by atoms with van der Waals surface area (Å²) in [7, 11) is 3.14. The fraction of sp³-hybridized carbons (Fsp3) is 0.200. The summed E-state index contributed by atoms with van der Waals surface area (Å²) in [5.41, 5.74) is 1.76. The molecule has 0 bridgehead atoms. The van der Waals surface area contributed by atoms with Crippen LogP contribution in [0.5, 0.6) is 11.5 Å². The zero-order valence-electron chi connectivity index (χ0n) is 11.6. The summed E-state index contributed by atoms with van der Waals surface area (Å²) < 4.78 is 10.6. The maximum atomic E-state index is 12.1. The number of nitrogens with one attached hydrogen (secondary N) is 1. The van der Waals surface area contributed by atoms with Crippen LogP contribution in [-0.2, 0) is 0 Å². The highest BCUT2D eigenvalue weighted by atomic mass is 16.5. The van der Waals surface area contributed by atoms with E-state index in [2.05, 4.69) is 10.3 Å².